The molecule has 0 aliphatic carbocycles. The lowest BCUT2D eigenvalue weighted by atomic mass is 9.93. The number of hydrogen-bond donors (Lipinski definition) is 1. The summed E-state index contributed by atoms with van der Waals surface area (Å²) in [5, 5.41) is 4.81. The van der Waals surface area contributed by atoms with E-state index in [2.05, 4.69) is 23.0 Å². The maximum absolute atomic E-state index is 8.81. The fraction of sp³-hybridized carbons (Fsp3) is 0.190. The summed E-state index contributed by atoms with van der Waals surface area (Å²) in [4.78, 5) is 13.6. The zero-order valence-corrected chi connectivity index (χ0v) is 16.3. The number of halogens is 1. The second-order valence-electron chi connectivity index (χ2n) is 5.52. The summed E-state index contributed by atoms with van der Waals surface area (Å²) < 4.78 is 5.45. The zero-order chi connectivity index (χ0) is 19.8. The normalized spacial score (nSPS) is 11.4. The van der Waals surface area contributed by atoms with Gasteiger partial charge in [-0.15, -0.1) is 0 Å². The first kappa shape index (κ1) is 20.6. The first-order chi connectivity index (χ1) is 13.2. The second-order valence-corrected chi connectivity index (χ2v) is 5.96. The Kier molecular flexibility index (Phi) is 7.46. The maximum atomic E-state index is 8.81. The van der Waals surface area contributed by atoms with Crippen molar-refractivity contribution in [2.45, 2.75) is 20.4 Å². The molecule has 0 saturated heterocycles. The topological polar surface area (TPSA) is 81.5 Å². The van der Waals surface area contributed by atoms with E-state index in [1.54, 1.807) is 0 Å². The zero-order valence-electron chi connectivity index (χ0n) is 15.6. The molecule has 0 spiro atoms. The van der Waals surface area contributed by atoms with Gasteiger partial charge in [0, 0.05) is 16.1 Å². The monoisotopic (exact) mass is 383 g/mol. The van der Waals surface area contributed by atoms with Crippen LogP contribution in [0, 0.1) is 6.92 Å². The van der Waals surface area contributed by atoms with Gasteiger partial charge in [0.2, 0.25) is 0 Å². The molecule has 4 rings (SSSR count). The number of nitrogens with two attached hydrogens (primary N) is 1. The molecule has 1 aromatic heterocycles. The van der Waals surface area contributed by atoms with Crippen LogP contribution in [0.3, 0.4) is 0 Å². The number of aryl methyl sites for hydroxylation is 1. The molecule has 0 bridgehead atoms. The van der Waals surface area contributed by atoms with Crippen LogP contribution in [0.25, 0.3) is 11.1 Å². The highest BCUT2D eigenvalue weighted by Gasteiger charge is 2.23. The minimum Gasteiger partial charge on any atom is -0.358 e. The number of aromatic nitrogens is 1. The van der Waals surface area contributed by atoms with E-state index in [0.717, 1.165) is 50.7 Å². The Morgan fingerprint density at radius 1 is 1.07 bits per heavy atom. The van der Waals surface area contributed by atoms with Crippen molar-refractivity contribution in [1.29, 1.82) is 0 Å². The molecule has 6 heteroatoms. The van der Waals surface area contributed by atoms with Crippen molar-refractivity contribution in [1.82, 2.24) is 5.16 Å². The van der Waals surface area contributed by atoms with Crippen LogP contribution in [0.1, 0.15) is 29.5 Å². The van der Waals surface area contributed by atoms with Gasteiger partial charge in [-0.1, -0.05) is 53.2 Å². The summed E-state index contributed by atoms with van der Waals surface area (Å²) in [5.74, 6) is 0.814. The van der Waals surface area contributed by atoms with Crippen LogP contribution in [-0.4, -0.2) is 24.2 Å². The van der Waals surface area contributed by atoms with E-state index in [9.17, 15) is 0 Å². The van der Waals surface area contributed by atoms with Gasteiger partial charge in [-0.25, -0.2) is 0 Å². The molecule has 0 atom stereocenters. The van der Waals surface area contributed by atoms with E-state index in [-0.39, 0.29) is 0 Å². The Balaban J connectivity index is 0.000000478. The van der Waals surface area contributed by atoms with Gasteiger partial charge in [0.1, 0.15) is 12.8 Å². The highest BCUT2D eigenvalue weighted by atomic mass is 35.5. The SMILES string of the molecule is CC=O.CN.Cc1noc2c1-c1ccccc1C(c1ccc(Cl)cc1)=NC2. The third kappa shape index (κ3) is 4.51. The smallest absolute Gasteiger partial charge is 0.166 e. The largest absolute Gasteiger partial charge is 0.358 e. The third-order valence-corrected chi connectivity index (χ3v) is 4.14. The number of benzene rings is 2. The molecule has 140 valence electrons. The molecular weight excluding hydrogens is 362 g/mol. The molecule has 1 aliphatic heterocycles. The van der Waals surface area contributed by atoms with E-state index in [4.69, 9.17) is 25.9 Å². The second kappa shape index (κ2) is 9.80. The Morgan fingerprint density at radius 3 is 2.30 bits per heavy atom. The van der Waals surface area contributed by atoms with Crippen molar-refractivity contribution in [3.8, 4) is 11.1 Å². The molecule has 3 aromatic rings. The Hall–Kier alpha value is -2.76. The maximum Gasteiger partial charge on any atom is 0.166 e. The number of hydrogen-bond acceptors (Lipinski definition) is 5. The van der Waals surface area contributed by atoms with Crippen LogP contribution in [0.2, 0.25) is 5.02 Å². The van der Waals surface area contributed by atoms with Gasteiger partial charge in [0.05, 0.1) is 17.0 Å². The number of carbonyl (C=O) groups excluding carboxylic acids is 1. The lowest BCUT2D eigenvalue weighted by molar-refractivity contribution is -0.106. The van der Waals surface area contributed by atoms with Gasteiger partial charge >= 0.3 is 0 Å². The van der Waals surface area contributed by atoms with Crippen LogP contribution in [0.4, 0.5) is 0 Å². The quantitative estimate of drug-likeness (QED) is 0.630. The van der Waals surface area contributed by atoms with Crippen molar-refractivity contribution in [2.24, 2.45) is 10.7 Å². The number of carbonyl (C=O) groups is 1. The van der Waals surface area contributed by atoms with Crippen molar-refractivity contribution in [3.63, 3.8) is 0 Å². The number of nitrogens with zero attached hydrogens (tertiary/aromatic N) is 2. The van der Waals surface area contributed by atoms with E-state index in [0.29, 0.717) is 6.54 Å². The Labute approximate surface area is 163 Å². The van der Waals surface area contributed by atoms with Crippen LogP contribution >= 0.6 is 11.6 Å². The fourth-order valence-electron chi connectivity index (χ4n) is 2.87. The summed E-state index contributed by atoms with van der Waals surface area (Å²) in [5.41, 5.74) is 10.7. The van der Waals surface area contributed by atoms with Crippen molar-refractivity contribution in [3.05, 3.63) is 76.1 Å². The van der Waals surface area contributed by atoms with Gasteiger partial charge in [-0.2, -0.15) is 0 Å². The minimum atomic E-state index is 0.489. The molecule has 0 fully saturated rings. The fourth-order valence-corrected chi connectivity index (χ4v) is 2.99. The molecule has 0 saturated carbocycles. The van der Waals surface area contributed by atoms with Crippen molar-refractivity contribution in [2.75, 3.05) is 7.05 Å². The summed E-state index contributed by atoms with van der Waals surface area (Å²) in [7, 11) is 1.50. The third-order valence-electron chi connectivity index (χ3n) is 3.88. The minimum absolute atomic E-state index is 0.489. The molecule has 0 radical (unpaired) electrons. The first-order valence-electron chi connectivity index (χ1n) is 8.48. The average molecular weight is 384 g/mol. The molecule has 0 unspecified atom stereocenters. The highest BCUT2D eigenvalue weighted by molar-refractivity contribution is 6.30. The molecule has 2 N–H and O–H groups in total. The summed E-state index contributed by atoms with van der Waals surface area (Å²) in [6, 6.07) is 16.0. The highest BCUT2D eigenvalue weighted by Crippen LogP contribution is 2.34. The molecule has 0 amide bonds. The molecule has 2 heterocycles. The van der Waals surface area contributed by atoms with E-state index >= 15 is 0 Å². The number of aliphatic imine (C=N–C) groups is 1. The number of rotatable bonds is 1. The van der Waals surface area contributed by atoms with Gasteiger partial charge in [-0.3, -0.25) is 4.99 Å². The molecule has 1 aliphatic rings. The molecular formula is C21H22ClN3O2. The van der Waals surface area contributed by atoms with Crippen molar-refractivity contribution >= 4 is 23.6 Å². The van der Waals surface area contributed by atoms with Crippen LogP contribution in [-0.2, 0) is 11.3 Å². The predicted molar refractivity (Wildman–Crippen MR) is 109 cm³/mol. The predicted octanol–water partition coefficient (Wildman–Crippen LogP) is 4.43. The molecule has 5 nitrogen and oxygen atoms in total. The van der Waals surface area contributed by atoms with Crippen LogP contribution in [0.15, 0.2) is 58.0 Å². The summed E-state index contributed by atoms with van der Waals surface area (Å²) in [6.45, 7) is 3.90. The van der Waals surface area contributed by atoms with Crippen molar-refractivity contribution < 1.29 is 9.32 Å². The standard InChI is InChI=1S/C18H13ClN2O.C2H4O.CH5N/c1-11-17-14-4-2-3-5-15(14)18(20-10-16(17)22-21-11)12-6-8-13(19)9-7-12;1-2-3;1-2/h2-9H,10H2,1H3;2H,1H3;2H2,1H3. The average Bonchev–Trinajstić information content (AvgIpc) is 2.97. The van der Waals surface area contributed by atoms with Gasteiger partial charge in [-0.05, 0) is 38.6 Å². The molecule has 2 aromatic carbocycles. The van der Waals surface area contributed by atoms with Gasteiger partial charge in [0.25, 0.3) is 0 Å². The summed E-state index contributed by atoms with van der Waals surface area (Å²) >= 11 is 6.00. The van der Waals surface area contributed by atoms with E-state index in [1.165, 1.54) is 14.0 Å². The van der Waals surface area contributed by atoms with Gasteiger partial charge < -0.3 is 15.1 Å². The Bertz CT molecular complexity index is 931. The molecule has 27 heavy (non-hydrogen) atoms. The number of fused-ring (bicyclic) bond motifs is 3. The van der Waals surface area contributed by atoms with Crippen LogP contribution in [0.5, 0.6) is 0 Å². The lowest BCUT2D eigenvalue weighted by Crippen LogP contribution is -2.04. The van der Waals surface area contributed by atoms with E-state index in [1.807, 2.05) is 43.3 Å². The van der Waals surface area contributed by atoms with Gasteiger partial charge in [0.15, 0.2) is 5.76 Å². The number of aldehydes is 1. The summed E-state index contributed by atoms with van der Waals surface area (Å²) in [6.07, 6.45) is 0.750. The first-order valence-corrected chi connectivity index (χ1v) is 8.86. The van der Waals surface area contributed by atoms with E-state index < -0.39 is 0 Å². The van der Waals surface area contributed by atoms with Crippen LogP contribution < -0.4 is 5.73 Å². The Morgan fingerprint density at radius 2 is 1.67 bits per heavy atom. The lowest BCUT2D eigenvalue weighted by Gasteiger charge is -2.10.